The second kappa shape index (κ2) is 8.00. The van der Waals surface area contributed by atoms with Gasteiger partial charge in [-0.25, -0.2) is 0 Å². The number of anilines is 1. The zero-order chi connectivity index (χ0) is 15.1. The van der Waals surface area contributed by atoms with Crippen LogP contribution in [0.15, 0.2) is 24.3 Å². The molecule has 2 N–H and O–H groups in total. The highest BCUT2D eigenvalue weighted by molar-refractivity contribution is 5.93. The van der Waals surface area contributed by atoms with Crippen molar-refractivity contribution in [3.63, 3.8) is 0 Å². The average Bonchev–Trinajstić information content (AvgIpc) is 2.50. The number of carbonyl (C=O) groups is 1. The molecule has 1 amide bonds. The summed E-state index contributed by atoms with van der Waals surface area (Å²) in [7, 11) is 2.02. The van der Waals surface area contributed by atoms with Crippen molar-refractivity contribution in [3.05, 3.63) is 24.3 Å². The van der Waals surface area contributed by atoms with E-state index in [9.17, 15) is 4.79 Å². The minimum atomic E-state index is 0.00295. The Labute approximate surface area is 126 Å². The predicted molar refractivity (Wildman–Crippen MR) is 84.8 cm³/mol. The number of hydrogen-bond donors (Lipinski definition) is 2. The van der Waals surface area contributed by atoms with Crippen LogP contribution in [0.3, 0.4) is 0 Å². The first-order valence-corrected chi connectivity index (χ1v) is 7.63. The van der Waals surface area contributed by atoms with Gasteiger partial charge >= 0.3 is 0 Å². The lowest BCUT2D eigenvalue weighted by atomic mass is 10.1. The Morgan fingerprint density at radius 3 is 2.81 bits per heavy atom. The highest BCUT2D eigenvalue weighted by Gasteiger charge is 2.19. The topological polar surface area (TPSA) is 53.6 Å². The minimum absolute atomic E-state index is 0.00295. The summed E-state index contributed by atoms with van der Waals surface area (Å²) < 4.78 is 5.52. The number of nitrogens with one attached hydrogen (secondary N) is 2. The van der Waals surface area contributed by atoms with E-state index in [4.69, 9.17) is 4.74 Å². The molecule has 0 saturated carbocycles. The number of amides is 1. The van der Waals surface area contributed by atoms with Crippen molar-refractivity contribution in [2.45, 2.75) is 25.8 Å². The number of benzene rings is 1. The molecule has 0 bridgehead atoms. The molecule has 5 heteroatoms. The monoisotopic (exact) mass is 291 g/mol. The molecule has 2 rings (SSSR count). The van der Waals surface area contributed by atoms with Crippen LogP contribution in [-0.4, -0.2) is 50.1 Å². The van der Waals surface area contributed by atoms with E-state index in [-0.39, 0.29) is 5.91 Å². The van der Waals surface area contributed by atoms with Gasteiger partial charge in [-0.2, -0.15) is 0 Å². The molecule has 116 valence electrons. The third-order valence-corrected chi connectivity index (χ3v) is 3.79. The summed E-state index contributed by atoms with van der Waals surface area (Å²) in [5.74, 6) is 0.723. The molecule has 0 spiro atoms. The Kier molecular flexibility index (Phi) is 6.02. The van der Waals surface area contributed by atoms with Gasteiger partial charge in [0, 0.05) is 6.04 Å². The van der Waals surface area contributed by atoms with Crippen LogP contribution in [-0.2, 0) is 4.79 Å². The van der Waals surface area contributed by atoms with Gasteiger partial charge in [-0.15, -0.1) is 0 Å². The number of piperidine rings is 1. The minimum Gasteiger partial charge on any atom is -0.492 e. The second-order valence-corrected chi connectivity index (χ2v) is 5.37. The van der Waals surface area contributed by atoms with Crippen LogP contribution in [0.5, 0.6) is 5.75 Å². The van der Waals surface area contributed by atoms with Gasteiger partial charge in [0.1, 0.15) is 5.75 Å². The third-order valence-electron chi connectivity index (χ3n) is 3.79. The number of para-hydroxylation sites is 2. The molecule has 1 aromatic rings. The lowest BCUT2D eigenvalue weighted by Crippen LogP contribution is -2.44. The first kappa shape index (κ1) is 15.8. The highest BCUT2D eigenvalue weighted by atomic mass is 16.5. The van der Waals surface area contributed by atoms with Crippen LogP contribution in [0.1, 0.15) is 19.8 Å². The number of carbonyl (C=O) groups excluding carboxylic acids is 1. The summed E-state index contributed by atoms with van der Waals surface area (Å²) in [6, 6.07) is 8.03. The first-order valence-electron chi connectivity index (χ1n) is 7.63. The van der Waals surface area contributed by atoms with Gasteiger partial charge in [0.2, 0.25) is 5.91 Å². The molecule has 5 nitrogen and oxygen atoms in total. The van der Waals surface area contributed by atoms with Crippen molar-refractivity contribution in [2.75, 3.05) is 38.6 Å². The zero-order valence-corrected chi connectivity index (χ0v) is 12.9. The molecule has 0 radical (unpaired) electrons. The van der Waals surface area contributed by atoms with E-state index in [1.165, 1.54) is 0 Å². The maximum Gasteiger partial charge on any atom is 0.238 e. The molecule has 1 heterocycles. The van der Waals surface area contributed by atoms with E-state index in [0.717, 1.165) is 37.4 Å². The normalized spacial score (nSPS) is 16.0. The van der Waals surface area contributed by atoms with E-state index < -0.39 is 0 Å². The number of hydrogen-bond acceptors (Lipinski definition) is 4. The van der Waals surface area contributed by atoms with E-state index in [1.54, 1.807) is 0 Å². The van der Waals surface area contributed by atoms with Crippen molar-refractivity contribution < 1.29 is 9.53 Å². The molecule has 0 unspecified atom stereocenters. The number of ether oxygens (including phenoxy) is 1. The Morgan fingerprint density at radius 2 is 2.10 bits per heavy atom. The van der Waals surface area contributed by atoms with Crippen LogP contribution in [0.4, 0.5) is 5.69 Å². The highest BCUT2D eigenvalue weighted by Crippen LogP contribution is 2.23. The zero-order valence-electron chi connectivity index (χ0n) is 12.9. The summed E-state index contributed by atoms with van der Waals surface area (Å²) >= 11 is 0. The molecule has 0 atom stereocenters. The lowest BCUT2D eigenvalue weighted by molar-refractivity contribution is -0.117. The third kappa shape index (κ3) is 4.72. The van der Waals surface area contributed by atoms with E-state index in [2.05, 4.69) is 15.5 Å². The van der Waals surface area contributed by atoms with E-state index in [1.807, 2.05) is 38.2 Å². The molecule has 1 aliphatic heterocycles. The molecule has 1 aromatic carbocycles. The molecule has 21 heavy (non-hydrogen) atoms. The van der Waals surface area contributed by atoms with Crippen molar-refractivity contribution >= 4 is 11.6 Å². The van der Waals surface area contributed by atoms with Crippen LogP contribution in [0, 0.1) is 0 Å². The van der Waals surface area contributed by atoms with Crippen LogP contribution < -0.4 is 15.4 Å². The van der Waals surface area contributed by atoms with Gasteiger partial charge in [-0.05, 0) is 52.0 Å². The lowest BCUT2D eigenvalue weighted by Gasteiger charge is -2.31. The standard InChI is InChI=1S/C16H25N3O2/c1-3-21-15-7-5-4-6-14(15)18-16(20)12-19(2)13-8-10-17-11-9-13/h4-7,13,17H,3,8-12H2,1-2H3,(H,18,20). The fourth-order valence-electron chi connectivity index (χ4n) is 2.64. The Bertz CT molecular complexity index is 459. The van der Waals surface area contributed by atoms with Crippen molar-refractivity contribution in [2.24, 2.45) is 0 Å². The summed E-state index contributed by atoms with van der Waals surface area (Å²) in [5, 5.41) is 6.28. The number of nitrogens with zero attached hydrogens (tertiary/aromatic N) is 1. The molecular weight excluding hydrogens is 266 g/mol. The Hall–Kier alpha value is -1.59. The predicted octanol–water partition coefficient (Wildman–Crippen LogP) is 1.71. The molecule has 1 aliphatic rings. The van der Waals surface area contributed by atoms with Crippen molar-refractivity contribution in [1.29, 1.82) is 0 Å². The van der Waals surface area contributed by atoms with Gasteiger partial charge < -0.3 is 15.4 Å². The molecule has 0 aromatic heterocycles. The Balaban J connectivity index is 1.89. The maximum atomic E-state index is 12.2. The first-order chi connectivity index (χ1) is 10.2. The van der Waals surface area contributed by atoms with E-state index in [0.29, 0.717) is 19.2 Å². The molecule has 1 fully saturated rings. The molecule has 1 saturated heterocycles. The van der Waals surface area contributed by atoms with Crippen LogP contribution >= 0.6 is 0 Å². The van der Waals surface area contributed by atoms with Gasteiger partial charge in [-0.1, -0.05) is 12.1 Å². The van der Waals surface area contributed by atoms with Gasteiger partial charge in [0.25, 0.3) is 0 Å². The maximum absolute atomic E-state index is 12.2. The second-order valence-electron chi connectivity index (χ2n) is 5.37. The number of likely N-dealkylation sites (N-methyl/N-ethyl adjacent to an activating group) is 1. The van der Waals surface area contributed by atoms with Crippen molar-refractivity contribution in [3.8, 4) is 5.75 Å². The smallest absolute Gasteiger partial charge is 0.238 e. The summed E-state index contributed by atoms with van der Waals surface area (Å²) in [5.41, 5.74) is 0.739. The summed E-state index contributed by atoms with van der Waals surface area (Å²) in [6.45, 7) is 4.99. The van der Waals surface area contributed by atoms with Gasteiger partial charge in [-0.3, -0.25) is 9.69 Å². The largest absolute Gasteiger partial charge is 0.492 e. The van der Waals surface area contributed by atoms with Gasteiger partial charge in [0.05, 0.1) is 18.8 Å². The van der Waals surface area contributed by atoms with Crippen LogP contribution in [0.2, 0.25) is 0 Å². The summed E-state index contributed by atoms with van der Waals surface area (Å²) in [6.07, 6.45) is 2.19. The Morgan fingerprint density at radius 1 is 1.38 bits per heavy atom. The fraction of sp³-hybridized carbons (Fsp3) is 0.562. The fourth-order valence-corrected chi connectivity index (χ4v) is 2.64. The molecule has 0 aliphatic carbocycles. The molecular formula is C16H25N3O2. The average molecular weight is 291 g/mol. The quantitative estimate of drug-likeness (QED) is 0.838. The summed E-state index contributed by atoms with van der Waals surface area (Å²) in [4.78, 5) is 14.3. The van der Waals surface area contributed by atoms with Crippen LogP contribution in [0.25, 0.3) is 0 Å². The van der Waals surface area contributed by atoms with E-state index >= 15 is 0 Å². The van der Waals surface area contributed by atoms with Gasteiger partial charge in [0.15, 0.2) is 0 Å². The SMILES string of the molecule is CCOc1ccccc1NC(=O)CN(C)C1CCNCC1. The van der Waals surface area contributed by atoms with Crippen molar-refractivity contribution in [1.82, 2.24) is 10.2 Å². The number of rotatable bonds is 6.